The quantitative estimate of drug-likeness (QED) is 0.789. The maximum Gasteiger partial charge on any atom is 0.241 e. The van der Waals surface area contributed by atoms with Crippen molar-refractivity contribution >= 4 is 27.6 Å². The Hall–Kier alpha value is -1.11. The number of hydrogen-bond acceptors (Lipinski definition) is 4. The molecule has 0 bridgehead atoms. The van der Waals surface area contributed by atoms with Crippen LogP contribution in [0.2, 0.25) is 5.02 Å². The average molecular weight is 249 g/mol. The summed E-state index contributed by atoms with van der Waals surface area (Å²) in [5, 5.41) is 10.5. The first kappa shape index (κ1) is 12.0. The second-order valence-corrected chi connectivity index (χ2v) is 4.90. The van der Waals surface area contributed by atoms with Crippen LogP contribution in [0.1, 0.15) is 10.4 Å². The minimum atomic E-state index is -3.76. The molecule has 1 aromatic carbocycles. The third-order valence-corrected chi connectivity index (χ3v) is 3.62. The summed E-state index contributed by atoms with van der Waals surface area (Å²) in [5.41, 5.74) is -0.242. The normalized spacial score (nSPS) is 11.3. The molecule has 0 fully saturated rings. The first-order valence-electron chi connectivity index (χ1n) is 3.83. The lowest BCUT2D eigenvalue weighted by Crippen LogP contribution is -2.24. The van der Waals surface area contributed by atoms with Crippen molar-refractivity contribution in [3.8, 4) is 0 Å². The van der Waals surface area contributed by atoms with Crippen molar-refractivity contribution in [2.75, 3.05) is 7.05 Å². The van der Waals surface area contributed by atoms with Crippen molar-refractivity contribution in [3.63, 3.8) is 0 Å². The van der Waals surface area contributed by atoms with Gasteiger partial charge in [0.2, 0.25) is 10.0 Å². The van der Waals surface area contributed by atoms with E-state index in [-0.39, 0.29) is 15.5 Å². The van der Waals surface area contributed by atoms with Crippen LogP contribution in [0.4, 0.5) is 0 Å². The molecular weight excluding hydrogens is 242 g/mol. The Morgan fingerprint density at radius 1 is 1.47 bits per heavy atom. The summed E-state index contributed by atoms with van der Waals surface area (Å²) in [4.78, 5) is 10.2. The number of nitrogens with one attached hydrogen (secondary N) is 1. The number of carbonyl (C=O) groups is 1. The smallest absolute Gasteiger partial charge is 0.241 e. The second kappa shape index (κ2) is 4.18. The third kappa shape index (κ3) is 2.47. The summed E-state index contributed by atoms with van der Waals surface area (Å²) in [7, 11) is -2.55. The zero-order valence-corrected chi connectivity index (χ0v) is 9.22. The Morgan fingerprint density at radius 3 is 2.53 bits per heavy atom. The van der Waals surface area contributed by atoms with Gasteiger partial charge < -0.3 is 9.90 Å². The minimum Gasteiger partial charge on any atom is -0.545 e. The highest BCUT2D eigenvalue weighted by Gasteiger charge is 2.16. The maximum absolute atomic E-state index is 11.4. The Kier molecular flexibility index (Phi) is 3.33. The molecule has 0 atom stereocenters. The largest absolute Gasteiger partial charge is 0.545 e. The molecule has 5 nitrogen and oxygen atoms in total. The van der Waals surface area contributed by atoms with Gasteiger partial charge in [-0.15, -0.1) is 0 Å². The summed E-state index contributed by atoms with van der Waals surface area (Å²) in [6, 6.07) is 3.31. The van der Waals surface area contributed by atoms with Gasteiger partial charge in [0.1, 0.15) is 4.90 Å². The Labute approximate surface area is 91.7 Å². The van der Waals surface area contributed by atoms with Crippen molar-refractivity contribution < 1.29 is 18.3 Å². The molecule has 0 saturated heterocycles. The molecule has 0 amide bonds. The van der Waals surface area contributed by atoms with Gasteiger partial charge in [-0.1, -0.05) is 17.7 Å². The molecule has 82 valence electrons. The van der Waals surface area contributed by atoms with Gasteiger partial charge in [0.25, 0.3) is 0 Å². The fourth-order valence-corrected chi connectivity index (χ4v) is 2.20. The van der Waals surface area contributed by atoms with Crippen LogP contribution < -0.4 is 9.83 Å². The zero-order chi connectivity index (χ0) is 11.6. The number of carboxylic acids is 1. The van der Waals surface area contributed by atoms with E-state index in [2.05, 4.69) is 0 Å². The summed E-state index contributed by atoms with van der Waals surface area (Å²) in [6.07, 6.45) is 0. The van der Waals surface area contributed by atoms with E-state index in [1.54, 1.807) is 0 Å². The van der Waals surface area contributed by atoms with Crippen molar-refractivity contribution in [1.82, 2.24) is 4.72 Å². The fourth-order valence-electron chi connectivity index (χ4n) is 0.946. The number of hydrogen-bond donors (Lipinski definition) is 1. The molecule has 0 aliphatic carbocycles. The molecular formula is C8H7ClNO4S-. The van der Waals surface area contributed by atoms with Crippen molar-refractivity contribution in [1.29, 1.82) is 0 Å². The fraction of sp³-hybridized carbons (Fsp3) is 0.125. The standard InChI is InChI=1S/C8H8ClNO4S/c1-10-15(13,14)7-4-5(8(11)12)2-3-6(7)9/h2-4,10H,1H3,(H,11,12)/p-1. The predicted molar refractivity (Wildman–Crippen MR) is 52.0 cm³/mol. The number of sulfonamides is 1. The lowest BCUT2D eigenvalue weighted by Gasteiger charge is -2.08. The van der Waals surface area contributed by atoms with Gasteiger partial charge in [0.05, 0.1) is 11.0 Å². The molecule has 0 unspecified atom stereocenters. The molecule has 0 heterocycles. The molecule has 1 N–H and O–H groups in total. The highest BCUT2D eigenvalue weighted by molar-refractivity contribution is 7.89. The number of carboxylic acid groups (broad SMARTS) is 1. The van der Waals surface area contributed by atoms with Gasteiger partial charge in [0, 0.05) is 0 Å². The highest BCUT2D eigenvalue weighted by atomic mass is 35.5. The Bertz CT molecular complexity index is 497. The van der Waals surface area contributed by atoms with Gasteiger partial charge in [-0.25, -0.2) is 13.1 Å². The van der Waals surface area contributed by atoms with E-state index in [0.29, 0.717) is 0 Å². The molecule has 1 aromatic rings. The van der Waals surface area contributed by atoms with Crippen molar-refractivity contribution in [3.05, 3.63) is 28.8 Å². The molecule has 0 saturated carbocycles. The van der Waals surface area contributed by atoms with E-state index in [1.807, 2.05) is 4.72 Å². The number of benzene rings is 1. The van der Waals surface area contributed by atoms with Crippen LogP contribution in [-0.4, -0.2) is 21.4 Å². The van der Waals surface area contributed by atoms with Crippen molar-refractivity contribution in [2.45, 2.75) is 4.90 Å². The van der Waals surface area contributed by atoms with E-state index in [9.17, 15) is 18.3 Å². The summed E-state index contributed by atoms with van der Waals surface area (Å²) in [6.45, 7) is 0. The number of rotatable bonds is 3. The van der Waals surface area contributed by atoms with Gasteiger partial charge in [-0.2, -0.15) is 0 Å². The second-order valence-electron chi connectivity index (χ2n) is 2.64. The van der Waals surface area contributed by atoms with Crippen LogP contribution in [0.5, 0.6) is 0 Å². The molecule has 0 aliphatic heterocycles. The van der Waals surface area contributed by atoms with Crippen LogP contribution in [-0.2, 0) is 10.0 Å². The molecule has 15 heavy (non-hydrogen) atoms. The number of aromatic carboxylic acids is 1. The summed E-state index contributed by atoms with van der Waals surface area (Å²) in [5.74, 6) is -1.46. The molecule has 0 radical (unpaired) electrons. The van der Waals surface area contributed by atoms with Gasteiger partial charge in [-0.05, 0) is 24.7 Å². The maximum atomic E-state index is 11.4. The topological polar surface area (TPSA) is 86.3 Å². The van der Waals surface area contributed by atoms with Crippen molar-refractivity contribution in [2.24, 2.45) is 0 Å². The molecule has 0 aromatic heterocycles. The third-order valence-electron chi connectivity index (χ3n) is 1.73. The Morgan fingerprint density at radius 2 is 2.07 bits per heavy atom. The number of halogens is 1. The molecule has 0 spiro atoms. The van der Waals surface area contributed by atoms with E-state index < -0.39 is 16.0 Å². The monoisotopic (exact) mass is 248 g/mol. The highest BCUT2D eigenvalue weighted by Crippen LogP contribution is 2.21. The lowest BCUT2D eigenvalue weighted by molar-refractivity contribution is -0.255. The average Bonchev–Trinajstić information content (AvgIpc) is 2.17. The molecule has 0 aliphatic rings. The minimum absolute atomic E-state index is 0.0469. The summed E-state index contributed by atoms with van der Waals surface area (Å²) < 4.78 is 24.8. The van der Waals surface area contributed by atoms with Crippen LogP contribution in [0.15, 0.2) is 23.1 Å². The first-order valence-corrected chi connectivity index (χ1v) is 5.69. The first-order chi connectivity index (χ1) is 6.88. The van der Waals surface area contributed by atoms with Crippen LogP contribution in [0, 0.1) is 0 Å². The molecule has 1 rings (SSSR count). The van der Waals surface area contributed by atoms with E-state index >= 15 is 0 Å². The lowest BCUT2D eigenvalue weighted by atomic mass is 10.2. The van der Waals surface area contributed by atoms with E-state index in [1.165, 1.54) is 19.2 Å². The van der Waals surface area contributed by atoms with E-state index in [4.69, 9.17) is 11.6 Å². The van der Waals surface area contributed by atoms with Gasteiger partial charge in [0.15, 0.2) is 0 Å². The van der Waals surface area contributed by atoms with Gasteiger partial charge >= 0.3 is 0 Å². The van der Waals surface area contributed by atoms with Crippen LogP contribution in [0.25, 0.3) is 0 Å². The molecule has 7 heteroatoms. The van der Waals surface area contributed by atoms with Crippen LogP contribution in [0.3, 0.4) is 0 Å². The SMILES string of the molecule is CNS(=O)(=O)c1cc(C(=O)[O-])ccc1Cl. The number of carbonyl (C=O) groups excluding carboxylic acids is 1. The van der Waals surface area contributed by atoms with Crippen LogP contribution >= 0.6 is 11.6 Å². The van der Waals surface area contributed by atoms with E-state index in [0.717, 1.165) is 6.07 Å². The van der Waals surface area contributed by atoms with Gasteiger partial charge in [-0.3, -0.25) is 0 Å². The Balaban J connectivity index is 3.42. The predicted octanol–water partition coefficient (Wildman–Crippen LogP) is -0.388. The zero-order valence-electron chi connectivity index (χ0n) is 7.65. The summed E-state index contributed by atoms with van der Waals surface area (Å²) >= 11 is 5.63.